The molecule has 0 aliphatic heterocycles. The highest BCUT2D eigenvalue weighted by molar-refractivity contribution is 5.78. The highest BCUT2D eigenvalue weighted by Crippen LogP contribution is 2.70. The first-order chi connectivity index (χ1) is 65.4. The topological polar surface area (TPSA) is 375 Å². The van der Waals surface area contributed by atoms with Crippen LogP contribution >= 0.6 is 0 Å². The summed E-state index contributed by atoms with van der Waals surface area (Å²) >= 11 is 0. The van der Waals surface area contributed by atoms with Crippen molar-refractivity contribution in [1.82, 2.24) is 0 Å². The highest BCUT2D eigenvalue weighted by Gasteiger charge is 2.78. The Labute approximate surface area is 847 Å². The van der Waals surface area contributed by atoms with Gasteiger partial charge >= 0.3 is 54.7 Å². The molecule has 0 amide bonds. The normalized spacial score (nSPS) is 32.7. The number of hydrogen-bond donors (Lipinski definition) is 0. The van der Waals surface area contributed by atoms with E-state index >= 15 is 0 Å². The van der Waals surface area contributed by atoms with E-state index in [-0.39, 0.29) is 108 Å². The van der Waals surface area contributed by atoms with Gasteiger partial charge in [0, 0.05) is 149 Å². The SMILES string of the molecule is CCC(C)(C)C(=O)OC12CC3(OC(=O)OC(C)(C)C)CC(OC(=O)OC(C)(C)C)(CC(OC(=O)OC(C)(C)C)(C3)C1)C2.CCC(C)(C)C(=O)OC12CC3CC(OC(=O)OC(C)(C)C)(CC(OC(=O)OC(C)(C)C)(C3)C1)C2.CCCOCOC12CC3(OCOCCC)CC(OCOCCC)(C1)CC(OC(=O)C(C)(C)CC)(C2)C3.CCCOCOC12CC3CC(OCOCCC)(C1)CC(OC(=O)C(C)(C)CC)(C3)C2. The Morgan fingerprint density at radius 3 is 0.535 bits per heavy atom. The fraction of sp³-hybridized carbons (Fsp3) is 0.917. The third-order valence-corrected chi connectivity index (χ3v) is 30.0. The van der Waals surface area contributed by atoms with Gasteiger partial charge in [-0.3, -0.25) is 19.2 Å². The molecule has 33 nitrogen and oxygen atoms in total. The van der Waals surface area contributed by atoms with Gasteiger partial charge < -0.3 is 114 Å². The van der Waals surface area contributed by atoms with E-state index in [0.717, 1.165) is 77.0 Å². The van der Waals surface area contributed by atoms with Gasteiger partial charge in [-0.05, 0) is 267 Å². The molecule has 0 heterocycles. The standard InChI is InChI=1S/C31H50O11.C28H50O8.C26H42O8.C24H42O6/c1-13-27(11,12)20(32)36-28-14-29(40-21(33)37-24(2,3)4)17-30(15-28,41-22(34)38-25(5,6)7)19-31(16-28,18-29)42-23(35)39-26(8,9)10;1-7-11-30-20-33-25-14-26(34-21-31-12-8-2)16-27(15-25,35-22-32-13-9-3)19-28(17-25,18-26)36-23(29)24(5,6)10-4;1-10-23(8,9)18(27)30-24-11-17-12-25(14-24,33-19(28)31-21(2,3)4)16-26(13-17,15-24)34-20(29)32-22(5,6)7;1-6-9-26-17-28-22-11-19-12-23(14-22,29-18-27-10-7-2)16-24(13-19,15-22)30-20(25)21(4,5)8-3/h13-19H2,1-12H3;7-22H2,1-6H3;17H,10-16H2,1-9H3;19H,6-18H2,1-5H3. The monoisotopic (exact) mass is 2020 g/mol. The van der Waals surface area contributed by atoms with Crippen LogP contribution in [0.5, 0.6) is 0 Å². The fourth-order valence-corrected chi connectivity index (χ4v) is 24.7. The number of carbonyl (C=O) groups is 9. The predicted molar refractivity (Wildman–Crippen MR) is 524 cm³/mol. The fourth-order valence-electron chi connectivity index (χ4n) is 24.7. The minimum atomic E-state index is -1.35. The van der Waals surface area contributed by atoms with Crippen LogP contribution in [-0.2, 0) is 133 Å². The number of carbonyl (C=O) groups excluding carboxylic acids is 9. The van der Waals surface area contributed by atoms with E-state index in [4.69, 9.17) is 114 Å². The van der Waals surface area contributed by atoms with Crippen LogP contribution < -0.4 is 0 Å². The molecule has 0 saturated heterocycles. The van der Waals surface area contributed by atoms with Gasteiger partial charge in [0.2, 0.25) is 0 Å². The summed E-state index contributed by atoms with van der Waals surface area (Å²) in [4.78, 5) is 118. The van der Waals surface area contributed by atoms with Crippen molar-refractivity contribution < 1.29 is 157 Å². The molecule has 0 spiro atoms. The van der Waals surface area contributed by atoms with Crippen LogP contribution in [0.3, 0.4) is 0 Å². The van der Waals surface area contributed by atoms with E-state index in [1.54, 1.807) is 118 Å². The molecule has 16 fully saturated rings. The van der Waals surface area contributed by atoms with Crippen molar-refractivity contribution in [3.63, 3.8) is 0 Å². The van der Waals surface area contributed by atoms with Crippen molar-refractivity contribution in [3.05, 3.63) is 0 Å². The van der Waals surface area contributed by atoms with Crippen molar-refractivity contribution in [2.75, 3.05) is 67.0 Å². The first kappa shape index (κ1) is 119. The first-order valence-electron chi connectivity index (χ1n) is 53.0. The Hall–Kier alpha value is -6.17. The lowest BCUT2D eigenvalue weighted by Gasteiger charge is -2.68. The maximum absolute atomic E-state index is 13.5. The lowest BCUT2D eigenvalue weighted by Crippen LogP contribution is -2.75. The molecule has 4 unspecified atom stereocenters. The molecule has 0 aromatic heterocycles. The average molecular weight is 2020 g/mol. The van der Waals surface area contributed by atoms with Gasteiger partial charge in [-0.1, -0.05) is 62.3 Å². The Balaban J connectivity index is 0.000000213. The van der Waals surface area contributed by atoms with Crippen molar-refractivity contribution in [2.24, 2.45) is 33.5 Å². The van der Waals surface area contributed by atoms with E-state index in [2.05, 4.69) is 34.6 Å². The van der Waals surface area contributed by atoms with Gasteiger partial charge in [-0.15, -0.1) is 0 Å². The van der Waals surface area contributed by atoms with E-state index in [9.17, 15) is 43.2 Å². The number of ether oxygens (including phenoxy) is 24. The predicted octanol–water partition coefficient (Wildman–Crippen LogP) is 23.7. The lowest BCUT2D eigenvalue weighted by atomic mass is 9.48. The summed E-state index contributed by atoms with van der Waals surface area (Å²) in [6, 6.07) is 0. The van der Waals surface area contributed by atoms with E-state index in [1.807, 2.05) is 69.2 Å². The Morgan fingerprint density at radius 2 is 0.338 bits per heavy atom. The summed E-state index contributed by atoms with van der Waals surface area (Å²) in [6.45, 7) is 63.9. The molecule has 0 N–H and O–H groups in total. The molecular weight excluding hydrogens is 1840 g/mol. The van der Waals surface area contributed by atoms with Crippen LogP contribution in [-0.4, -0.2) is 228 Å². The van der Waals surface area contributed by atoms with Crippen LogP contribution in [0.4, 0.5) is 24.0 Å². The Morgan fingerprint density at radius 1 is 0.197 bits per heavy atom. The second-order valence-electron chi connectivity index (χ2n) is 51.9. The third kappa shape index (κ3) is 31.7. The van der Waals surface area contributed by atoms with Gasteiger partial charge in [-0.2, -0.15) is 0 Å². The molecule has 0 aromatic carbocycles. The quantitative estimate of drug-likeness (QED) is 0.0237. The zero-order valence-corrected chi connectivity index (χ0v) is 93.0. The van der Waals surface area contributed by atoms with E-state index in [1.165, 1.54) is 0 Å². The molecular formula is C109H184O33. The maximum Gasteiger partial charge on any atom is 0.509 e. The van der Waals surface area contributed by atoms with E-state index < -0.39 is 154 Å². The molecule has 0 aromatic rings. The molecule has 16 aliphatic carbocycles. The summed E-state index contributed by atoms with van der Waals surface area (Å²) in [5, 5.41) is 0. The molecule has 4 atom stereocenters. The van der Waals surface area contributed by atoms with Gasteiger partial charge in [0.1, 0.15) is 112 Å². The van der Waals surface area contributed by atoms with Gasteiger partial charge in [0.05, 0.1) is 49.7 Å². The number of esters is 4. The smallest absolute Gasteiger partial charge is 0.458 e. The van der Waals surface area contributed by atoms with Gasteiger partial charge in [-0.25, -0.2) is 24.0 Å². The van der Waals surface area contributed by atoms with E-state index in [0.29, 0.717) is 135 Å². The Kier molecular flexibility index (Phi) is 37.8. The largest absolute Gasteiger partial charge is 0.509 e. The Bertz CT molecular complexity index is 3990. The summed E-state index contributed by atoms with van der Waals surface area (Å²) in [5.41, 5.74) is -18.3. The summed E-state index contributed by atoms with van der Waals surface area (Å²) in [5.74, 6) is -0.549. The molecule has 818 valence electrons. The first-order valence-corrected chi connectivity index (χ1v) is 53.0. The number of hydrogen-bond acceptors (Lipinski definition) is 33. The van der Waals surface area contributed by atoms with Crippen LogP contribution in [0, 0.1) is 33.5 Å². The molecule has 0 radical (unpaired) electrons. The van der Waals surface area contributed by atoms with Crippen LogP contribution in [0.25, 0.3) is 0 Å². The second-order valence-corrected chi connectivity index (χ2v) is 51.9. The summed E-state index contributed by atoms with van der Waals surface area (Å²) < 4.78 is 144. The zero-order valence-electron chi connectivity index (χ0n) is 93.0. The van der Waals surface area contributed by atoms with Crippen LogP contribution in [0.1, 0.15) is 433 Å². The minimum Gasteiger partial charge on any atom is -0.458 e. The minimum absolute atomic E-state index is 0.0682. The van der Waals surface area contributed by atoms with Crippen molar-refractivity contribution in [3.8, 4) is 0 Å². The van der Waals surface area contributed by atoms with Crippen LogP contribution in [0.2, 0.25) is 0 Å². The molecule has 16 aliphatic rings. The zero-order chi connectivity index (χ0) is 106. The molecule has 16 rings (SSSR count). The molecule has 33 heteroatoms. The maximum atomic E-state index is 13.5. The van der Waals surface area contributed by atoms with Gasteiger partial charge in [0.25, 0.3) is 0 Å². The third-order valence-electron chi connectivity index (χ3n) is 30.0. The highest BCUT2D eigenvalue weighted by atomic mass is 16.8. The van der Waals surface area contributed by atoms with Crippen LogP contribution in [0.15, 0.2) is 0 Å². The number of rotatable bonds is 42. The van der Waals surface area contributed by atoms with Crippen molar-refractivity contribution >= 4 is 54.7 Å². The summed E-state index contributed by atoms with van der Waals surface area (Å²) in [6.07, 6.45) is 15.6. The van der Waals surface area contributed by atoms with Crippen molar-refractivity contribution in [2.45, 2.75) is 540 Å². The molecule has 16 saturated carbocycles. The molecule has 16 bridgehead atoms. The second kappa shape index (κ2) is 44.9. The lowest BCUT2D eigenvalue weighted by molar-refractivity contribution is -0.353. The molecule has 142 heavy (non-hydrogen) atoms. The van der Waals surface area contributed by atoms with Crippen molar-refractivity contribution in [1.29, 1.82) is 0 Å². The van der Waals surface area contributed by atoms with Gasteiger partial charge in [0.15, 0.2) is 0 Å². The average Bonchev–Trinajstić information content (AvgIpc) is 0.608. The summed E-state index contributed by atoms with van der Waals surface area (Å²) in [7, 11) is 0.